The molecule has 2 aliphatic heterocycles. The van der Waals surface area contributed by atoms with Gasteiger partial charge in [-0.05, 0) is 68.9 Å². The van der Waals surface area contributed by atoms with Crippen molar-refractivity contribution < 1.29 is 18.8 Å². The molecule has 2 saturated heterocycles. The third-order valence-corrected chi connectivity index (χ3v) is 8.75. The molecule has 0 radical (unpaired) electrons. The standard InChI is InChI=1S/C30H32Cl2N4O4/c1-35(2)29(37)18-5-3-6-19(13-18)33-30(38)36-20-11-12-21(36)15-22(14-20)39-16-23-27(34-40-28(23)17-9-10-17)26-24(31)7-4-8-25(26)32/h3-8,13,17,20-22H,9-12,14-16H2,1-2H3,(H,33,38). The van der Waals surface area contributed by atoms with Gasteiger partial charge in [0.2, 0.25) is 0 Å². The molecule has 10 heteroatoms. The molecular formula is C30H32Cl2N4O4. The van der Waals surface area contributed by atoms with E-state index in [-0.39, 0.29) is 30.1 Å². The number of halogens is 2. The molecule has 40 heavy (non-hydrogen) atoms. The average molecular weight is 584 g/mol. The second-order valence-corrected chi connectivity index (χ2v) is 12.0. The number of aromatic nitrogens is 1. The van der Waals surface area contributed by atoms with Crippen molar-refractivity contribution >= 4 is 40.8 Å². The lowest BCUT2D eigenvalue weighted by atomic mass is 9.99. The van der Waals surface area contributed by atoms with E-state index in [1.165, 1.54) is 4.90 Å². The zero-order valence-electron chi connectivity index (χ0n) is 22.5. The van der Waals surface area contributed by atoms with E-state index >= 15 is 0 Å². The smallest absolute Gasteiger partial charge is 0.322 e. The molecule has 1 aliphatic carbocycles. The van der Waals surface area contributed by atoms with Gasteiger partial charge in [-0.15, -0.1) is 0 Å². The van der Waals surface area contributed by atoms with Crippen LogP contribution >= 0.6 is 23.2 Å². The number of carbonyl (C=O) groups is 2. The van der Waals surface area contributed by atoms with Crippen molar-refractivity contribution in [1.29, 1.82) is 0 Å². The summed E-state index contributed by atoms with van der Waals surface area (Å²) >= 11 is 13.0. The molecule has 2 unspecified atom stereocenters. The van der Waals surface area contributed by atoms with E-state index in [9.17, 15) is 9.59 Å². The van der Waals surface area contributed by atoms with E-state index in [0.29, 0.717) is 45.1 Å². The predicted octanol–water partition coefficient (Wildman–Crippen LogP) is 6.97. The largest absolute Gasteiger partial charge is 0.373 e. The number of amides is 3. The molecule has 3 aliphatic rings. The van der Waals surface area contributed by atoms with E-state index < -0.39 is 0 Å². The maximum Gasteiger partial charge on any atom is 0.322 e. The number of fused-ring (bicyclic) bond motifs is 2. The first-order valence-corrected chi connectivity index (χ1v) is 14.5. The lowest BCUT2D eigenvalue weighted by molar-refractivity contribution is -0.0158. The van der Waals surface area contributed by atoms with E-state index in [1.54, 1.807) is 50.5 Å². The Balaban J connectivity index is 1.13. The Bertz CT molecular complexity index is 1400. The van der Waals surface area contributed by atoms with Crippen molar-refractivity contribution in [2.24, 2.45) is 0 Å². The van der Waals surface area contributed by atoms with Crippen LogP contribution < -0.4 is 5.32 Å². The molecule has 2 bridgehead atoms. The number of rotatable bonds is 7. The highest BCUT2D eigenvalue weighted by Gasteiger charge is 2.44. The van der Waals surface area contributed by atoms with Crippen molar-refractivity contribution in [3.63, 3.8) is 0 Å². The average Bonchev–Trinajstić information content (AvgIpc) is 3.63. The molecular weight excluding hydrogens is 551 g/mol. The topological polar surface area (TPSA) is 87.9 Å². The first-order chi connectivity index (χ1) is 19.3. The minimum Gasteiger partial charge on any atom is -0.373 e. The van der Waals surface area contributed by atoms with Gasteiger partial charge in [-0.3, -0.25) is 4.79 Å². The molecule has 2 atom stereocenters. The number of ether oxygens (including phenoxy) is 1. The summed E-state index contributed by atoms with van der Waals surface area (Å²) in [4.78, 5) is 29.1. The summed E-state index contributed by atoms with van der Waals surface area (Å²) in [7, 11) is 3.42. The first-order valence-electron chi connectivity index (χ1n) is 13.8. The molecule has 1 N–H and O–H groups in total. The van der Waals surface area contributed by atoms with Gasteiger partial charge >= 0.3 is 6.03 Å². The van der Waals surface area contributed by atoms with Crippen LogP contribution in [-0.2, 0) is 11.3 Å². The Morgan fingerprint density at radius 3 is 2.38 bits per heavy atom. The summed E-state index contributed by atoms with van der Waals surface area (Å²) in [5.74, 6) is 1.11. The molecule has 3 heterocycles. The summed E-state index contributed by atoms with van der Waals surface area (Å²) in [5.41, 5.74) is 3.38. The van der Waals surface area contributed by atoms with Gasteiger partial charge in [-0.1, -0.05) is 40.5 Å². The SMILES string of the molecule is CN(C)C(=O)c1cccc(NC(=O)N2C3CCC2CC(OCc2c(-c4c(Cl)cccc4Cl)noc2C2CC2)C3)c1. The Hall–Kier alpha value is -3.07. The van der Waals surface area contributed by atoms with Gasteiger partial charge in [-0.2, -0.15) is 0 Å². The zero-order chi connectivity index (χ0) is 28.0. The fourth-order valence-corrected chi connectivity index (χ4v) is 6.60. The number of nitrogens with one attached hydrogen (secondary N) is 1. The number of anilines is 1. The number of urea groups is 1. The minimum absolute atomic E-state index is 0.0131. The van der Waals surface area contributed by atoms with Crippen LogP contribution in [0.25, 0.3) is 11.3 Å². The second-order valence-electron chi connectivity index (χ2n) is 11.2. The Morgan fingerprint density at radius 1 is 1.05 bits per heavy atom. The lowest BCUT2D eigenvalue weighted by Crippen LogP contribution is -2.50. The summed E-state index contributed by atoms with van der Waals surface area (Å²) in [6.07, 6.45) is 5.56. The van der Waals surface area contributed by atoms with Gasteiger partial charge in [0.15, 0.2) is 0 Å². The maximum atomic E-state index is 13.3. The van der Waals surface area contributed by atoms with Crippen LogP contribution in [0.1, 0.15) is 66.1 Å². The number of nitrogens with zero attached hydrogens (tertiary/aromatic N) is 3. The Morgan fingerprint density at radius 2 is 1.73 bits per heavy atom. The summed E-state index contributed by atoms with van der Waals surface area (Å²) in [5, 5.41) is 8.43. The third-order valence-electron chi connectivity index (χ3n) is 8.12. The van der Waals surface area contributed by atoms with Gasteiger partial charge < -0.3 is 24.4 Å². The van der Waals surface area contributed by atoms with E-state index in [0.717, 1.165) is 49.8 Å². The van der Waals surface area contributed by atoms with Crippen LogP contribution in [0.15, 0.2) is 47.0 Å². The van der Waals surface area contributed by atoms with Crippen molar-refractivity contribution in [3.05, 3.63) is 69.4 Å². The number of benzene rings is 2. The van der Waals surface area contributed by atoms with Crippen LogP contribution in [-0.4, -0.2) is 59.2 Å². The molecule has 1 saturated carbocycles. The van der Waals surface area contributed by atoms with Gasteiger partial charge in [-0.25, -0.2) is 4.79 Å². The zero-order valence-corrected chi connectivity index (χ0v) is 24.0. The summed E-state index contributed by atoms with van der Waals surface area (Å²) in [6.45, 7) is 0.356. The minimum atomic E-state index is -0.133. The highest BCUT2D eigenvalue weighted by molar-refractivity contribution is 6.39. The number of piperidine rings is 1. The summed E-state index contributed by atoms with van der Waals surface area (Å²) < 4.78 is 12.3. The van der Waals surface area contributed by atoms with Gasteiger partial charge in [0.25, 0.3) is 5.91 Å². The van der Waals surface area contributed by atoms with Gasteiger partial charge in [0, 0.05) is 54.5 Å². The van der Waals surface area contributed by atoms with Crippen LogP contribution in [0.4, 0.5) is 10.5 Å². The van der Waals surface area contributed by atoms with E-state index in [4.69, 9.17) is 32.5 Å². The Kier molecular flexibility index (Phi) is 7.50. The van der Waals surface area contributed by atoms with Crippen molar-refractivity contribution in [2.75, 3.05) is 19.4 Å². The molecule has 1 aromatic heterocycles. The summed E-state index contributed by atoms with van der Waals surface area (Å²) in [6, 6.07) is 12.5. The molecule has 3 aromatic rings. The molecule has 3 amide bonds. The highest BCUT2D eigenvalue weighted by atomic mass is 35.5. The Labute approximate surface area is 243 Å². The van der Waals surface area contributed by atoms with Crippen molar-refractivity contribution in [3.8, 4) is 11.3 Å². The number of hydrogen-bond acceptors (Lipinski definition) is 5. The van der Waals surface area contributed by atoms with Crippen LogP contribution in [0.2, 0.25) is 10.0 Å². The van der Waals surface area contributed by atoms with Crippen LogP contribution in [0.5, 0.6) is 0 Å². The van der Waals surface area contributed by atoms with Gasteiger partial charge in [0.1, 0.15) is 11.5 Å². The third kappa shape index (κ3) is 5.32. The maximum absolute atomic E-state index is 13.3. The molecule has 6 rings (SSSR count). The fraction of sp³-hybridized carbons (Fsp3) is 0.433. The highest BCUT2D eigenvalue weighted by Crippen LogP contribution is 2.46. The van der Waals surface area contributed by atoms with Crippen LogP contribution in [0.3, 0.4) is 0 Å². The lowest BCUT2D eigenvalue weighted by Gasteiger charge is -2.38. The molecule has 2 aromatic carbocycles. The fourth-order valence-electron chi connectivity index (χ4n) is 6.02. The number of hydrogen-bond donors (Lipinski definition) is 1. The van der Waals surface area contributed by atoms with E-state index in [2.05, 4.69) is 10.5 Å². The number of carbonyl (C=O) groups excluding carboxylic acids is 2. The van der Waals surface area contributed by atoms with Crippen LogP contribution in [0, 0.1) is 0 Å². The molecule has 3 fully saturated rings. The van der Waals surface area contributed by atoms with E-state index in [1.807, 2.05) is 11.0 Å². The van der Waals surface area contributed by atoms with Crippen molar-refractivity contribution in [2.45, 2.75) is 69.2 Å². The molecule has 8 nitrogen and oxygen atoms in total. The first kappa shape index (κ1) is 27.1. The van der Waals surface area contributed by atoms with Gasteiger partial charge in [0.05, 0.1) is 22.8 Å². The second kappa shape index (κ2) is 11.1. The monoisotopic (exact) mass is 582 g/mol. The molecule has 210 valence electrons. The van der Waals surface area contributed by atoms with Crippen molar-refractivity contribution in [1.82, 2.24) is 15.0 Å². The normalized spacial score (nSPS) is 21.9. The quantitative estimate of drug-likeness (QED) is 0.325. The molecule has 0 spiro atoms. The predicted molar refractivity (Wildman–Crippen MR) is 154 cm³/mol.